The molecule has 2 amide bonds. The van der Waals surface area contributed by atoms with Crippen LogP contribution >= 0.6 is 15.9 Å². The highest BCUT2D eigenvalue weighted by molar-refractivity contribution is 9.10. The number of phenolic OH excluding ortho intramolecular Hbond substituents is 1. The van der Waals surface area contributed by atoms with Crippen molar-refractivity contribution in [2.24, 2.45) is 0 Å². The lowest BCUT2D eigenvalue weighted by Gasteiger charge is -2.13. The quantitative estimate of drug-likeness (QED) is 0.870. The third-order valence-corrected chi connectivity index (χ3v) is 4.15. The maximum atomic E-state index is 12.2. The van der Waals surface area contributed by atoms with E-state index in [1.807, 2.05) is 0 Å². The van der Waals surface area contributed by atoms with Gasteiger partial charge in [-0.3, -0.25) is 14.5 Å². The first-order valence-corrected chi connectivity index (χ1v) is 7.30. The van der Waals surface area contributed by atoms with Gasteiger partial charge >= 0.3 is 0 Å². The number of hydrogen-bond acceptors (Lipinski definition) is 3. The molecule has 0 spiro atoms. The second kappa shape index (κ2) is 5.33. The fourth-order valence-electron chi connectivity index (χ4n) is 2.39. The zero-order chi connectivity index (χ0) is 15.0. The van der Waals surface area contributed by atoms with Crippen LogP contribution in [0.3, 0.4) is 0 Å². The van der Waals surface area contributed by atoms with Crippen molar-refractivity contribution in [2.45, 2.75) is 6.42 Å². The van der Waals surface area contributed by atoms with Gasteiger partial charge in [-0.1, -0.05) is 18.2 Å². The van der Waals surface area contributed by atoms with Gasteiger partial charge in [0.15, 0.2) is 0 Å². The Morgan fingerprint density at radius 1 is 1.00 bits per heavy atom. The number of nitrogens with zero attached hydrogens (tertiary/aromatic N) is 1. The van der Waals surface area contributed by atoms with Gasteiger partial charge in [0, 0.05) is 6.54 Å². The molecule has 0 aliphatic carbocycles. The normalized spacial score (nSPS) is 13.7. The maximum Gasteiger partial charge on any atom is 0.261 e. The Labute approximate surface area is 130 Å². The average molecular weight is 346 g/mol. The predicted octanol–water partition coefficient (Wildman–Crippen LogP) is 2.99. The Hall–Kier alpha value is -2.14. The largest absolute Gasteiger partial charge is 0.507 e. The third-order valence-electron chi connectivity index (χ3n) is 3.51. The first kappa shape index (κ1) is 13.8. The van der Waals surface area contributed by atoms with Crippen molar-refractivity contribution in [1.82, 2.24) is 4.90 Å². The molecule has 0 atom stereocenters. The highest BCUT2D eigenvalue weighted by Crippen LogP contribution is 2.26. The van der Waals surface area contributed by atoms with E-state index in [4.69, 9.17) is 0 Å². The zero-order valence-corrected chi connectivity index (χ0v) is 12.6. The molecule has 0 radical (unpaired) electrons. The number of hydrogen-bond donors (Lipinski definition) is 1. The standard InChI is InChI=1S/C16H12BrNO3/c17-13-9-10(5-6-14(13)19)7-8-18-15(20)11-3-1-2-4-12(11)16(18)21/h1-6,9,19H,7-8H2. The summed E-state index contributed by atoms with van der Waals surface area (Å²) < 4.78 is 0.599. The molecule has 2 aromatic rings. The Morgan fingerprint density at radius 2 is 1.62 bits per heavy atom. The molecule has 1 aliphatic heterocycles. The van der Waals surface area contributed by atoms with Crippen molar-refractivity contribution in [2.75, 3.05) is 6.54 Å². The Balaban J connectivity index is 1.76. The van der Waals surface area contributed by atoms with Crippen LogP contribution in [-0.4, -0.2) is 28.4 Å². The molecule has 0 saturated heterocycles. The number of aromatic hydroxyl groups is 1. The number of halogens is 1. The summed E-state index contributed by atoms with van der Waals surface area (Å²) >= 11 is 3.25. The van der Waals surface area contributed by atoms with E-state index in [0.29, 0.717) is 28.6 Å². The molecule has 106 valence electrons. The Morgan fingerprint density at radius 3 is 2.19 bits per heavy atom. The van der Waals surface area contributed by atoms with E-state index in [1.54, 1.807) is 42.5 Å². The van der Waals surface area contributed by atoms with Crippen molar-refractivity contribution >= 4 is 27.7 Å². The van der Waals surface area contributed by atoms with E-state index < -0.39 is 0 Å². The van der Waals surface area contributed by atoms with Gasteiger partial charge in [0.2, 0.25) is 0 Å². The van der Waals surface area contributed by atoms with Crippen molar-refractivity contribution < 1.29 is 14.7 Å². The minimum absolute atomic E-state index is 0.166. The number of rotatable bonds is 3. The van der Waals surface area contributed by atoms with Gasteiger partial charge in [-0.25, -0.2) is 0 Å². The summed E-state index contributed by atoms with van der Waals surface area (Å²) in [5.41, 5.74) is 1.88. The van der Waals surface area contributed by atoms with Crippen LogP contribution in [0.5, 0.6) is 5.75 Å². The number of phenols is 1. The molecule has 5 heteroatoms. The van der Waals surface area contributed by atoms with E-state index >= 15 is 0 Å². The van der Waals surface area contributed by atoms with Crippen molar-refractivity contribution in [1.29, 1.82) is 0 Å². The van der Waals surface area contributed by atoms with Crippen LogP contribution in [0, 0.1) is 0 Å². The molecule has 2 aromatic carbocycles. The van der Waals surface area contributed by atoms with Gasteiger partial charge in [-0.15, -0.1) is 0 Å². The lowest BCUT2D eigenvalue weighted by molar-refractivity contribution is 0.0656. The van der Waals surface area contributed by atoms with Gasteiger partial charge in [0.25, 0.3) is 11.8 Å². The molecule has 0 aromatic heterocycles. The summed E-state index contributed by atoms with van der Waals surface area (Å²) in [5.74, 6) is -0.318. The van der Waals surface area contributed by atoms with E-state index in [1.165, 1.54) is 4.90 Å². The molecule has 4 nitrogen and oxygen atoms in total. The smallest absolute Gasteiger partial charge is 0.261 e. The van der Waals surface area contributed by atoms with Crippen molar-refractivity contribution in [3.05, 3.63) is 63.6 Å². The van der Waals surface area contributed by atoms with E-state index in [-0.39, 0.29) is 17.6 Å². The highest BCUT2D eigenvalue weighted by atomic mass is 79.9. The maximum absolute atomic E-state index is 12.2. The van der Waals surface area contributed by atoms with E-state index in [0.717, 1.165) is 5.56 Å². The lowest BCUT2D eigenvalue weighted by Crippen LogP contribution is -2.31. The number of carbonyl (C=O) groups is 2. The average Bonchev–Trinajstić information content (AvgIpc) is 2.73. The number of fused-ring (bicyclic) bond motifs is 1. The first-order chi connectivity index (χ1) is 10.1. The molecule has 0 saturated carbocycles. The summed E-state index contributed by atoms with van der Waals surface area (Å²) in [6.07, 6.45) is 0.546. The van der Waals surface area contributed by atoms with E-state index in [2.05, 4.69) is 15.9 Å². The number of benzene rings is 2. The molecule has 21 heavy (non-hydrogen) atoms. The van der Waals surface area contributed by atoms with Crippen LogP contribution in [0.1, 0.15) is 26.3 Å². The molecule has 0 unspecified atom stereocenters. The van der Waals surface area contributed by atoms with Crippen LogP contribution in [0.15, 0.2) is 46.9 Å². The van der Waals surface area contributed by atoms with Gasteiger partial charge in [0.05, 0.1) is 15.6 Å². The number of amides is 2. The number of carbonyl (C=O) groups excluding carboxylic acids is 2. The second-order valence-corrected chi connectivity index (χ2v) is 5.70. The summed E-state index contributed by atoms with van der Waals surface area (Å²) in [5, 5.41) is 9.46. The topological polar surface area (TPSA) is 57.6 Å². The fraction of sp³-hybridized carbons (Fsp3) is 0.125. The van der Waals surface area contributed by atoms with Crippen LogP contribution in [0.2, 0.25) is 0 Å². The summed E-state index contributed by atoms with van der Waals surface area (Å²) in [6.45, 7) is 0.323. The second-order valence-electron chi connectivity index (χ2n) is 4.84. The summed E-state index contributed by atoms with van der Waals surface area (Å²) in [4.78, 5) is 25.7. The molecule has 1 heterocycles. The van der Waals surface area contributed by atoms with Crippen LogP contribution < -0.4 is 0 Å². The lowest BCUT2D eigenvalue weighted by atomic mass is 10.1. The van der Waals surface area contributed by atoms with Crippen LogP contribution in [0.25, 0.3) is 0 Å². The minimum atomic E-state index is -0.242. The third kappa shape index (κ3) is 2.45. The molecule has 3 rings (SSSR count). The molecule has 1 N–H and O–H groups in total. The van der Waals surface area contributed by atoms with Gasteiger partial charge in [-0.05, 0) is 52.2 Å². The monoisotopic (exact) mass is 345 g/mol. The molecular formula is C16H12BrNO3. The minimum Gasteiger partial charge on any atom is -0.507 e. The van der Waals surface area contributed by atoms with E-state index in [9.17, 15) is 14.7 Å². The Kier molecular flexibility index (Phi) is 3.51. The Bertz CT molecular complexity index is 707. The van der Waals surface area contributed by atoms with Gasteiger partial charge in [0.1, 0.15) is 5.75 Å². The first-order valence-electron chi connectivity index (χ1n) is 6.50. The molecule has 0 bridgehead atoms. The predicted molar refractivity (Wildman–Crippen MR) is 81.3 cm³/mol. The summed E-state index contributed by atoms with van der Waals surface area (Å²) in [6, 6.07) is 12.0. The van der Waals surface area contributed by atoms with Crippen molar-refractivity contribution in [3.8, 4) is 5.75 Å². The summed E-state index contributed by atoms with van der Waals surface area (Å²) in [7, 11) is 0. The molecule has 0 fully saturated rings. The number of imide groups is 1. The van der Waals surface area contributed by atoms with Crippen LogP contribution in [0.4, 0.5) is 0 Å². The van der Waals surface area contributed by atoms with Gasteiger partial charge in [-0.2, -0.15) is 0 Å². The zero-order valence-electron chi connectivity index (χ0n) is 11.0. The SMILES string of the molecule is O=C1c2ccccc2C(=O)N1CCc1ccc(O)c(Br)c1. The molecular weight excluding hydrogens is 334 g/mol. The fourth-order valence-corrected chi connectivity index (χ4v) is 2.82. The highest BCUT2D eigenvalue weighted by Gasteiger charge is 2.34. The van der Waals surface area contributed by atoms with Crippen LogP contribution in [-0.2, 0) is 6.42 Å². The van der Waals surface area contributed by atoms with Crippen molar-refractivity contribution in [3.63, 3.8) is 0 Å². The molecule has 1 aliphatic rings. The van der Waals surface area contributed by atoms with Gasteiger partial charge < -0.3 is 5.11 Å².